The molecular formula is C13H27NO. The van der Waals surface area contributed by atoms with E-state index in [1.54, 1.807) is 0 Å². The second-order valence-corrected chi connectivity index (χ2v) is 5.02. The Morgan fingerprint density at radius 2 is 1.87 bits per heavy atom. The molecule has 1 rings (SSSR count). The molecule has 15 heavy (non-hydrogen) atoms. The first-order valence-corrected chi connectivity index (χ1v) is 6.70. The molecule has 2 N–H and O–H groups in total. The van der Waals surface area contributed by atoms with Crippen LogP contribution in [0.2, 0.25) is 0 Å². The average Bonchev–Trinajstić information content (AvgIpc) is 2.24. The van der Waals surface area contributed by atoms with E-state index in [4.69, 9.17) is 0 Å². The van der Waals surface area contributed by atoms with Gasteiger partial charge in [0.1, 0.15) is 0 Å². The molecule has 0 amide bonds. The van der Waals surface area contributed by atoms with Crippen LogP contribution in [-0.2, 0) is 0 Å². The molecule has 1 heterocycles. The number of β-amino-alcohol motifs (C(OH)–C–C–N with tert-alkyl or cyclic N) is 1. The molecule has 0 radical (unpaired) electrons. The average molecular weight is 213 g/mol. The second-order valence-electron chi connectivity index (χ2n) is 5.02. The summed E-state index contributed by atoms with van der Waals surface area (Å²) in [5.74, 6) is 0. The molecule has 0 aromatic rings. The number of aliphatic hydroxyl groups is 1. The van der Waals surface area contributed by atoms with Gasteiger partial charge in [0.05, 0.1) is 5.60 Å². The molecule has 1 unspecified atom stereocenters. The first kappa shape index (κ1) is 13.0. The fourth-order valence-corrected chi connectivity index (χ4v) is 2.40. The van der Waals surface area contributed by atoms with Gasteiger partial charge < -0.3 is 10.4 Å². The summed E-state index contributed by atoms with van der Waals surface area (Å²) in [6.07, 6.45) is 11.0. The third-order valence-corrected chi connectivity index (χ3v) is 3.45. The quantitative estimate of drug-likeness (QED) is 0.637. The van der Waals surface area contributed by atoms with Crippen LogP contribution < -0.4 is 5.32 Å². The molecule has 1 saturated heterocycles. The molecule has 0 bridgehead atoms. The molecule has 1 aliphatic heterocycles. The SMILES string of the molecule is CCCCCCCCC1(O)CCCNC1. The zero-order valence-electron chi connectivity index (χ0n) is 10.2. The van der Waals surface area contributed by atoms with Crippen molar-refractivity contribution in [3.05, 3.63) is 0 Å². The molecule has 1 fully saturated rings. The van der Waals surface area contributed by atoms with E-state index in [1.807, 2.05) is 0 Å². The van der Waals surface area contributed by atoms with Gasteiger partial charge in [-0.2, -0.15) is 0 Å². The smallest absolute Gasteiger partial charge is 0.0772 e. The fourth-order valence-electron chi connectivity index (χ4n) is 2.40. The van der Waals surface area contributed by atoms with E-state index in [9.17, 15) is 5.11 Å². The van der Waals surface area contributed by atoms with E-state index >= 15 is 0 Å². The van der Waals surface area contributed by atoms with E-state index in [0.717, 1.165) is 32.4 Å². The number of piperidine rings is 1. The van der Waals surface area contributed by atoms with Gasteiger partial charge in [0.2, 0.25) is 0 Å². The number of hydrogen-bond donors (Lipinski definition) is 2. The van der Waals surface area contributed by atoms with Crippen molar-refractivity contribution >= 4 is 0 Å². The highest BCUT2D eigenvalue weighted by molar-refractivity contribution is 4.84. The van der Waals surface area contributed by atoms with Crippen LogP contribution in [0.25, 0.3) is 0 Å². The van der Waals surface area contributed by atoms with Crippen molar-refractivity contribution in [1.82, 2.24) is 5.32 Å². The molecule has 1 atom stereocenters. The predicted molar refractivity (Wildman–Crippen MR) is 65.0 cm³/mol. The zero-order valence-corrected chi connectivity index (χ0v) is 10.2. The Morgan fingerprint density at radius 3 is 2.53 bits per heavy atom. The van der Waals surface area contributed by atoms with Gasteiger partial charge in [-0.05, 0) is 25.8 Å². The van der Waals surface area contributed by atoms with Crippen LogP contribution in [0.1, 0.15) is 64.7 Å². The van der Waals surface area contributed by atoms with E-state index in [-0.39, 0.29) is 5.60 Å². The van der Waals surface area contributed by atoms with E-state index in [0.29, 0.717) is 0 Å². The predicted octanol–water partition coefficient (Wildman–Crippen LogP) is 2.85. The topological polar surface area (TPSA) is 32.3 Å². The van der Waals surface area contributed by atoms with E-state index in [1.165, 1.54) is 38.5 Å². The summed E-state index contributed by atoms with van der Waals surface area (Å²) in [4.78, 5) is 0. The summed E-state index contributed by atoms with van der Waals surface area (Å²) in [6, 6.07) is 0. The van der Waals surface area contributed by atoms with Crippen LogP contribution in [0.4, 0.5) is 0 Å². The van der Waals surface area contributed by atoms with Crippen LogP contribution in [0.5, 0.6) is 0 Å². The van der Waals surface area contributed by atoms with Gasteiger partial charge in [-0.15, -0.1) is 0 Å². The number of rotatable bonds is 7. The van der Waals surface area contributed by atoms with Crippen molar-refractivity contribution in [3.8, 4) is 0 Å². The van der Waals surface area contributed by atoms with Gasteiger partial charge in [0.25, 0.3) is 0 Å². The Bertz CT molecular complexity index is 153. The molecule has 0 saturated carbocycles. The lowest BCUT2D eigenvalue weighted by atomic mass is 9.88. The minimum atomic E-state index is -0.386. The highest BCUT2D eigenvalue weighted by atomic mass is 16.3. The van der Waals surface area contributed by atoms with Crippen LogP contribution in [0.15, 0.2) is 0 Å². The number of unbranched alkanes of at least 4 members (excludes halogenated alkanes) is 5. The lowest BCUT2D eigenvalue weighted by molar-refractivity contribution is 0.00632. The van der Waals surface area contributed by atoms with Crippen molar-refractivity contribution in [3.63, 3.8) is 0 Å². The largest absolute Gasteiger partial charge is 0.389 e. The van der Waals surface area contributed by atoms with Crippen molar-refractivity contribution in [1.29, 1.82) is 0 Å². The third-order valence-electron chi connectivity index (χ3n) is 3.45. The van der Waals surface area contributed by atoms with Gasteiger partial charge in [0.15, 0.2) is 0 Å². The Hall–Kier alpha value is -0.0800. The standard InChI is InChI=1S/C13H27NO/c1-2-3-4-5-6-7-9-13(15)10-8-11-14-12-13/h14-15H,2-12H2,1H3. The van der Waals surface area contributed by atoms with E-state index < -0.39 is 0 Å². The molecule has 0 spiro atoms. The minimum Gasteiger partial charge on any atom is -0.389 e. The maximum absolute atomic E-state index is 10.2. The van der Waals surface area contributed by atoms with Crippen molar-refractivity contribution in [2.24, 2.45) is 0 Å². The fraction of sp³-hybridized carbons (Fsp3) is 1.00. The normalized spacial score (nSPS) is 26.8. The third kappa shape index (κ3) is 5.53. The monoisotopic (exact) mass is 213 g/mol. The van der Waals surface area contributed by atoms with Gasteiger partial charge in [-0.3, -0.25) is 0 Å². The maximum atomic E-state index is 10.2. The van der Waals surface area contributed by atoms with Crippen LogP contribution >= 0.6 is 0 Å². The molecule has 2 nitrogen and oxygen atoms in total. The summed E-state index contributed by atoms with van der Waals surface area (Å²) >= 11 is 0. The summed E-state index contributed by atoms with van der Waals surface area (Å²) in [7, 11) is 0. The molecular weight excluding hydrogens is 186 g/mol. The number of hydrogen-bond acceptors (Lipinski definition) is 2. The van der Waals surface area contributed by atoms with Gasteiger partial charge in [-0.25, -0.2) is 0 Å². The molecule has 2 heteroatoms. The maximum Gasteiger partial charge on any atom is 0.0772 e. The molecule has 1 aliphatic rings. The van der Waals surface area contributed by atoms with Gasteiger partial charge in [-0.1, -0.05) is 45.4 Å². The van der Waals surface area contributed by atoms with Gasteiger partial charge >= 0.3 is 0 Å². The van der Waals surface area contributed by atoms with Crippen molar-refractivity contribution in [2.45, 2.75) is 70.3 Å². The Balaban J connectivity index is 1.98. The summed E-state index contributed by atoms with van der Waals surface area (Å²) in [6.45, 7) is 4.14. The zero-order chi connectivity index (χ0) is 11.0. The summed E-state index contributed by atoms with van der Waals surface area (Å²) in [5, 5.41) is 13.5. The van der Waals surface area contributed by atoms with E-state index in [2.05, 4.69) is 12.2 Å². The second kappa shape index (κ2) is 7.24. The van der Waals surface area contributed by atoms with Gasteiger partial charge in [0, 0.05) is 6.54 Å². The Labute approximate surface area is 94.5 Å². The highest BCUT2D eigenvalue weighted by Gasteiger charge is 2.27. The minimum absolute atomic E-state index is 0.386. The van der Waals surface area contributed by atoms with Crippen LogP contribution in [0.3, 0.4) is 0 Å². The molecule has 90 valence electrons. The van der Waals surface area contributed by atoms with Crippen LogP contribution in [-0.4, -0.2) is 23.8 Å². The Morgan fingerprint density at radius 1 is 1.13 bits per heavy atom. The van der Waals surface area contributed by atoms with Crippen molar-refractivity contribution in [2.75, 3.05) is 13.1 Å². The van der Waals surface area contributed by atoms with Crippen LogP contribution in [0, 0.1) is 0 Å². The lowest BCUT2D eigenvalue weighted by Gasteiger charge is -2.32. The molecule has 0 aromatic heterocycles. The lowest BCUT2D eigenvalue weighted by Crippen LogP contribution is -2.45. The molecule has 0 aliphatic carbocycles. The summed E-state index contributed by atoms with van der Waals surface area (Å²) < 4.78 is 0. The molecule has 0 aromatic carbocycles. The number of nitrogens with one attached hydrogen (secondary N) is 1. The Kier molecular flexibility index (Phi) is 6.26. The first-order valence-electron chi connectivity index (χ1n) is 6.70. The highest BCUT2D eigenvalue weighted by Crippen LogP contribution is 2.23. The summed E-state index contributed by atoms with van der Waals surface area (Å²) in [5.41, 5.74) is -0.386. The van der Waals surface area contributed by atoms with Crippen molar-refractivity contribution < 1.29 is 5.11 Å². The first-order chi connectivity index (χ1) is 7.27.